The number of carbonyl (C=O) groups is 2. The van der Waals surface area contributed by atoms with Crippen molar-refractivity contribution >= 4 is 11.9 Å². The van der Waals surface area contributed by atoms with Crippen molar-refractivity contribution in [3.63, 3.8) is 0 Å². The molecule has 0 heterocycles. The molecule has 0 amide bonds. The zero-order valence-electron chi connectivity index (χ0n) is 23.7. The molecular formula is C30H58O5. The van der Waals surface area contributed by atoms with Gasteiger partial charge in [-0.2, -0.15) is 0 Å². The van der Waals surface area contributed by atoms with Gasteiger partial charge in [0.25, 0.3) is 0 Å². The zero-order valence-corrected chi connectivity index (χ0v) is 23.7. The molecule has 5 heteroatoms. The number of rotatable bonds is 25. The van der Waals surface area contributed by atoms with E-state index in [-0.39, 0.29) is 6.42 Å². The summed E-state index contributed by atoms with van der Waals surface area (Å²) < 4.78 is 10.3. The second kappa shape index (κ2) is 24.6. The van der Waals surface area contributed by atoms with Crippen LogP contribution in [0.1, 0.15) is 150 Å². The van der Waals surface area contributed by atoms with Crippen molar-refractivity contribution in [1.29, 1.82) is 0 Å². The summed E-state index contributed by atoms with van der Waals surface area (Å²) in [6.07, 6.45) is 19.9. The van der Waals surface area contributed by atoms with Crippen LogP contribution in [0.3, 0.4) is 0 Å². The van der Waals surface area contributed by atoms with Gasteiger partial charge in [0, 0.05) is 0 Å². The summed E-state index contributed by atoms with van der Waals surface area (Å²) in [5.74, 6) is 0.359. The summed E-state index contributed by atoms with van der Waals surface area (Å²) in [5, 5.41) is 9.88. The molecule has 0 saturated carbocycles. The van der Waals surface area contributed by atoms with Crippen molar-refractivity contribution in [1.82, 2.24) is 0 Å². The molecule has 0 aromatic rings. The number of ether oxygens (including phenoxy) is 2. The van der Waals surface area contributed by atoms with Crippen molar-refractivity contribution in [2.45, 2.75) is 156 Å². The van der Waals surface area contributed by atoms with Crippen LogP contribution in [0.25, 0.3) is 0 Å². The molecule has 1 atom stereocenters. The first-order valence-electron chi connectivity index (χ1n) is 14.8. The van der Waals surface area contributed by atoms with Gasteiger partial charge in [0.2, 0.25) is 0 Å². The minimum Gasteiger partial charge on any atom is -0.466 e. The number of esters is 2. The van der Waals surface area contributed by atoms with E-state index in [1.807, 2.05) is 0 Å². The fourth-order valence-electron chi connectivity index (χ4n) is 4.19. The molecule has 0 aromatic heterocycles. The fourth-order valence-corrected chi connectivity index (χ4v) is 4.19. The first kappa shape index (κ1) is 33.9. The highest BCUT2D eigenvalue weighted by Gasteiger charge is 2.21. The van der Waals surface area contributed by atoms with Gasteiger partial charge in [0.05, 0.1) is 19.6 Å². The van der Waals surface area contributed by atoms with E-state index in [1.54, 1.807) is 0 Å². The van der Waals surface area contributed by atoms with Crippen molar-refractivity contribution < 1.29 is 24.2 Å². The maximum absolute atomic E-state index is 11.9. The number of hydrogen-bond acceptors (Lipinski definition) is 5. The largest absolute Gasteiger partial charge is 0.466 e. The van der Waals surface area contributed by atoms with Crippen LogP contribution in [0.15, 0.2) is 0 Å². The molecular weight excluding hydrogens is 440 g/mol. The average molecular weight is 499 g/mol. The van der Waals surface area contributed by atoms with Gasteiger partial charge in [-0.05, 0) is 24.7 Å². The maximum Gasteiger partial charge on any atom is 0.335 e. The predicted molar refractivity (Wildman–Crippen MR) is 145 cm³/mol. The number of unbranched alkanes of at least 4 members (excludes halogenated alkanes) is 14. The molecule has 35 heavy (non-hydrogen) atoms. The lowest BCUT2D eigenvalue weighted by atomic mass is 10.0. The van der Waals surface area contributed by atoms with Crippen molar-refractivity contribution in [3.05, 3.63) is 0 Å². The van der Waals surface area contributed by atoms with Gasteiger partial charge >= 0.3 is 11.9 Å². The van der Waals surface area contributed by atoms with E-state index < -0.39 is 18.0 Å². The summed E-state index contributed by atoms with van der Waals surface area (Å²) in [7, 11) is 0. The van der Waals surface area contributed by atoms with Crippen LogP contribution in [-0.2, 0) is 19.1 Å². The van der Waals surface area contributed by atoms with Gasteiger partial charge in [0.15, 0.2) is 6.10 Å². The first-order valence-corrected chi connectivity index (χ1v) is 14.8. The molecule has 0 aliphatic rings. The van der Waals surface area contributed by atoms with Crippen LogP contribution < -0.4 is 0 Å². The topological polar surface area (TPSA) is 72.8 Å². The summed E-state index contributed by atoms with van der Waals surface area (Å²) in [4.78, 5) is 23.7. The van der Waals surface area contributed by atoms with Gasteiger partial charge in [0.1, 0.15) is 0 Å². The summed E-state index contributed by atoms with van der Waals surface area (Å²) >= 11 is 0. The molecule has 0 aromatic carbocycles. The van der Waals surface area contributed by atoms with Crippen molar-refractivity contribution in [2.24, 2.45) is 11.8 Å². The van der Waals surface area contributed by atoms with Gasteiger partial charge in [-0.3, -0.25) is 4.79 Å². The molecule has 0 radical (unpaired) electrons. The Hall–Kier alpha value is -1.10. The molecule has 0 bridgehead atoms. The number of carbonyl (C=O) groups excluding carboxylic acids is 2. The standard InChI is InChI=1S/C30H58O5/c1-26(2)21-17-13-9-5-7-11-15-19-23-34-29(32)25-28(31)30(33)35-24-20-16-12-8-6-10-14-18-22-27(3)4/h26-28,31H,5-25H2,1-4H3. The normalized spacial score (nSPS) is 12.3. The van der Waals surface area contributed by atoms with E-state index >= 15 is 0 Å². The lowest BCUT2D eigenvalue weighted by Gasteiger charge is -2.11. The second-order valence-electron chi connectivity index (χ2n) is 11.1. The monoisotopic (exact) mass is 498 g/mol. The Balaban J connectivity index is 3.47. The Bertz CT molecular complexity index is 489. The quantitative estimate of drug-likeness (QED) is 0.101. The van der Waals surface area contributed by atoms with Crippen LogP contribution in [0.5, 0.6) is 0 Å². The molecule has 0 fully saturated rings. The maximum atomic E-state index is 11.9. The summed E-state index contributed by atoms with van der Waals surface area (Å²) in [6.45, 7) is 9.76. The minimum absolute atomic E-state index is 0.303. The van der Waals surface area contributed by atoms with E-state index in [0.29, 0.717) is 13.2 Å². The molecule has 0 spiro atoms. The highest BCUT2D eigenvalue weighted by atomic mass is 16.6. The van der Waals surface area contributed by atoms with E-state index in [1.165, 1.54) is 77.0 Å². The van der Waals surface area contributed by atoms with Crippen LogP contribution in [0.2, 0.25) is 0 Å². The molecule has 1 N–H and O–H groups in total. The smallest absolute Gasteiger partial charge is 0.335 e. The average Bonchev–Trinajstić information content (AvgIpc) is 2.80. The first-order chi connectivity index (χ1) is 16.8. The van der Waals surface area contributed by atoms with Gasteiger partial charge in [-0.1, -0.05) is 130 Å². The van der Waals surface area contributed by atoms with Crippen LogP contribution in [0, 0.1) is 11.8 Å². The van der Waals surface area contributed by atoms with Crippen LogP contribution >= 0.6 is 0 Å². The molecule has 0 rings (SSSR count). The molecule has 208 valence electrons. The van der Waals surface area contributed by atoms with Gasteiger partial charge < -0.3 is 14.6 Å². The number of aliphatic hydroxyl groups excluding tert-OH is 1. The Labute approximate surface area is 217 Å². The molecule has 0 saturated heterocycles. The van der Waals surface area contributed by atoms with E-state index in [4.69, 9.17) is 9.47 Å². The third kappa shape index (κ3) is 25.8. The lowest BCUT2D eigenvalue weighted by Crippen LogP contribution is -2.27. The predicted octanol–water partition coefficient (Wildman–Crippen LogP) is 8.16. The Morgan fingerprint density at radius 2 is 0.886 bits per heavy atom. The fraction of sp³-hybridized carbons (Fsp3) is 0.933. The third-order valence-electron chi connectivity index (χ3n) is 6.49. The summed E-state index contributed by atoms with van der Waals surface area (Å²) in [6, 6.07) is 0. The molecule has 0 aliphatic carbocycles. The highest BCUT2D eigenvalue weighted by Crippen LogP contribution is 2.14. The van der Waals surface area contributed by atoms with Crippen LogP contribution in [-0.4, -0.2) is 36.4 Å². The van der Waals surface area contributed by atoms with E-state index in [9.17, 15) is 14.7 Å². The van der Waals surface area contributed by atoms with Crippen molar-refractivity contribution in [2.75, 3.05) is 13.2 Å². The molecule has 1 unspecified atom stereocenters. The minimum atomic E-state index is -1.43. The van der Waals surface area contributed by atoms with E-state index in [0.717, 1.165) is 50.4 Å². The summed E-state index contributed by atoms with van der Waals surface area (Å²) in [5.41, 5.74) is 0. The Kier molecular flexibility index (Phi) is 23.8. The Morgan fingerprint density at radius 3 is 1.29 bits per heavy atom. The van der Waals surface area contributed by atoms with E-state index in [2.05, 4.69) is 27.7 Å². The number of aliphatic hydroxyl groups is 1. The molecule has 0 aliphatic heterocycles. The zero-order chi connectivity index (χ0) is 26.2. The van der Waals surface area contributed by atoms with Crippen molar-refractivity contribution in [3.8, 4) is 0 Å². The highest BCUT2D eigenvalue weighted by molar-refractivity contribution is 5.81. The van der Waals surface area contributed by atoms with Crippen LogP contribution in [0.4, 0.5) is 0 Å². The molecule has 5 nitrogen and oxygen atoms in total. The second-order valence-corrected chi connectivity index (χ2v) is 11.1. The Morgan fingerprint density at radius 1 is 0.543 bits per heavy atom. The lowest BCUT2D eigenvalue weighted by molar-refractivity contribution is -0.160. The van der Waals surface area contributed by atoms with Gasteiger partial charge in [-0.15, -0.1) is 0 Å². The third-order valence-corrected chi connectivity index (χ3v) is 6.49. The van der Waals surface area contributed by atoms with Gasteiger partial charge in [-0.25, -0.2) is 4.79 Å². The SMILES string of the molecule is CC(C)CCCCCCCCCCOC(=O)CC(O)C(=O)OCCCCCCCCCCC(C)C. The number of hydrogen-bond donors (Lipinski definition) is 1.